The van der Waals surface area contributed by atoms with Crippen LogP contribution in [0, 0.1) is 10.5 Å². The molecule has 0 saturated carbocycles. The molecule has 0 bridgehead atoms. The second-order valence-corrected chi connectivity index (χ2v) is 4.31. The Bertz CT molecular complexity index is 273. The van der Waals surface area contributed by atoms with Gasteiger partial charge in [0.15, 0.2) is 0 Å². The summed E-state index contributed by atoms with van der Waals surface area (Å²) in [6, 6.07) is 4.04. The number of halogens is 2. The van der Waals surface area contributed by atoms with Crippen LogP contribution in [0.15, 0.2) is 16.6 Å². The Morgan fingerprint density at radius 2 is 2.18 bits per heavy atom. The third kappa shape index (κ3) is 2.16. The van der Waals surface area contributed by atoms with Gasteiger partial charge in [0, 0.05) is 8.04 Å². The predicted molar refractivity (Wildman–Crippen MR) is 57.5 cm³/mol. The van der Waals surface area contributed by atoms with E-state index < -0.39 is 0 Å². The summed E-state index contributed by atoms with van der Waals surface area (Å²) in [7, 11) is 0. The van der Waals surface area contributed by atoms with Gasteiger partial charge in [0.2, 0.25) is 0 Å². The van der Waals surface area contributed by atoms with E-state index in [1.54, 1.807) is 0 Å². The minimum atomic E-state index is 0.110. The zero-order chi connectivity index (χ0) is 8.43. The summed E-state index contributed by atoms with van der Waals surface area (Å²) in [5.74, 6) is 0. The van der Waals surface area contributed by atoms with Crippen molar-refractivity contribution in [3.63, 3.8) is 0 Å². The molecule has 0 spiro atoms. The number of hydrogen-bond acceptors (Lipinski definition) is 1. The van der Waals surface area contributed by atoms with Gasteiger partial charge >= 0.3 is 0 Å². The fourth-order valence-corrected chi connectivity index (χ4v) is 2.01. The molecule has 0 fully saturated rings. The molecule has 0 unspecified atom stereocenters. The van der Waals surface area contributed by atoms with Crippen molar-refractivity contribution in [1.82, 2.24) is 0 Å². The maximum absolute atomic E-state index is 8.94. The maximum atomic E-state index is 8.94. The van der Waals surface area contributed by atoms with Gasteiger partial charge in [0.1, 0.15) is 0 Å². The molecule has 0 atom stereocenters. The Morgan fingerprint density at radius 1 is 1.55 bits per heavy atom. The molecular weight excluding hydrogens is 319 g/mol. The van der Waals surface area contributed by atoms with E-state index in [4.69, 9.17) is 5.11 Å². The van der Waals surface area contributed by atoms with Crippen molar-refractivity contribution in [2.45, 2.75) is 13.5 Å². The van der Waals surface area contributed by atoms with Gasteiger partial charge in [-0.25, -0.2) is 0 Å². The molecule has 0 heterocycles. The average molecular weight is 327 g/mol. The lowest BCUT2D eigenvalue weighted by Gasteiger charge is -2.04. The van der Waals surface area contributed by atoms with Gasteiger partial charge in [-0.3, -0.25) is 0 Å². The van der Waals surface area contributed by atoms with E-state index in [0.717, 1.165) is 13.6 Å². The quantitative estimate of drug-likeness (QED) is 0.787. The zero-order valence-electron chi connectivity index (χ0n) is 6.06. The third-order valence-corrected chi connectivity index (χ3v) is 4.06. The first-order valence-corrected chi connectivity index (χ1v) is 5.07. The highest BCUT2D eigenvalue weighted by Crippen LogP contribution is 2.24. The summed E-state index contributed by atoms with van der Waals surface area (Å²) in [4.78, 5) is 0. The summed E-state index contributed by atoms with van der Waals surface area (Å²) in [5.41, 5.74) is 2.15. The van der Waals surface area contributed by atoms with Gasteiger partial charge < -0.3 is 5.11 Å². The average Bonchev–Trinajstić information content (AvgIpc) is 1.96. The largest absolute Gasteiger partial charge is 0.392 e. The number of aliphatic hydroxyl groups is 1. The molecule has 0 aromatic heterocycles. The molecule has 1 nitrogen and oxygen atoms in total. The predicted octanol–water partition coefficient (Wildman–Crippen LogP) is 2.85. The standard InChI is InChI=1S/C8H8BrIO/c1-5-2-6(4-11)8(10)7(9)3-5/h2-3,11H,4H2,1H3. The van der Waals surface area contributed by atoms with Gasteiger partial charge in [0.05, 0.1) is 6.61 Å². The summed E-state index contributed by atoms with van der Waals surface area (Å²) in [6.07, 6.45) is 0. The van der Waals surface area contributed by atoms with Gasteiger partial charge in [-0.15, -0.1) is 0 Å². The second kappa shape index (κ2) is 3.87. The lowest BCUT2D eigenvalue weighted by Crippen LogP contribution is -1.90. The summed E-state index contributed by atoms with van der Waals surface area (Å²) < 4.78 is 2.15. The van der Waals surface area contributed by atoms with Gasteiger partial charge in [-0.2, -0.15) is 0 Å². The van der Waals surface area contributed by atoms with Crippen molar-refractivity contribution in [3.05, 3.63) is 31.3 Å². The van der Waals surface area contributed by atoms with Crippen LogP contribution in [0.25, 0.3) is 0 Å². The third-order valence-electron chi connectivity index (χ3n) is 1.42. The molecule has 0 amide bonds. The van der Waals surface area contributed by atoms with Crippen LogP contribution in [0.3, 0.4) is 0 Å². The Kier molecular flexibility index (Phi) is 3.33. The van der Waals surface area contributed by atoms with Crippen molar-refractivity contribution in [2.75, 3.05) is 0 Å². The van der Waals surface area contributed by atoms with Crippen molar-refractivity contribution in [2.24, 2.45) is 0 Å². The lowest BCUT2D eigenvalue weighted by atomic mass is 10.1. The molecule has 1 aromatic carbocycles. The minimum Gasteiger partial charge on any atom is -0.392 e. The van der Waals surface area contributed by atoms with E-state index in [0.29, 0.717) is 0 Å². The van der Waals surface area contributed by atoms with Crippen molar-refractivity contribution in [1.29, 1.82) is 0 Å². The Labute approximate surface area is 88.1 Å². The fraction of sp³-hybridized carbons (Fsp3) is 0.250. The van der Waals surface area contributed by atoms with Crippen molar-refractivity contribution < 1.29 is 5.11 Å². The zero-order valence-corrected chi connectivity index (χ0v) is 9.81. The molecule has 0 aliphatic carbocycles. The van der Waals surface area contributed by atoms with Gasteiger partial charge in [0.25, 0.3) is 0 Å². The van der Waals surface area contributed by atoms with Crippen molar-refractivity contribution >= 4 is 38.5 Å². The van der Waals surface area contributed by atoms with Crippen LogP contribution in [-0.4, -0.2) is 5.11 Å². The number of rotatable bonds is 1. The molecule has 3 heteroatoms. The van der Waals surface area contributed by atoms with Crippen LogP contribution < -0.4 is 0 Å². The first-order chi connectivity index (χ1) is 5.15. The molecule has 0 aliphatic rings. The molecular formula is C8H8BrIO. The van der Waals surface area contributed by atoms with E-state index in [1.807, 2.05) is 19.1 Å². The molecule has 1 rings (SSSR count). The summed E-state index contributed by atoms with van der Waals surface area (Å²) >= 11 is 5.63. The van der Waals surface area contributed by atoms with E-state index in [-0.39, 0.29) is 6.61 Å². The number of hydrogen-bond donors (Lipinski definition) is 1. The summed E-state index contributed by atoms with van der Waals surface area (Å²) in [5, 5.41) is 8.94. The Hall–Kier alpha value is 0.390. The van der Waals surface area contributed by atoms with E-state index in [1.165, 1.54) is 5.56 Å². The monoisotopic (exact) mass is 326 g/mol. The van der Waals surface area contributed by atoms with Crippen LogP contribution in [0.5, 0.6) is 0 Å². The van der Waals surface area contributed by atoms with E-state index >= 15 is 0 Å². The van der Waals surface area contributed by atoms with Crippen LogP contribution in [0.4, 0.5) is 0 Å². The second-order valence-electron chi connectivity index (χ2n) is 2.38. The molecule has 1 N–H and O–H groups in total. The fourth-order valence-electron chi connectivity index (χ4n) is 0.912. The molecule has 60 valence electrons. The first-order valence-electron chi connectivity index (χ1n) is 3.20. The molecule has 1 aromatic rings. The Balaban J connectivity index is 3.24. The highest BCUT2D eigenvalue weighted by molar-refractivity contribution is 14.1. The topological polar surface area (TPSA) is 20.2 Å². The smallest absolute Gasteiger partial charge is 0.0692 e. The molecule has 0 radical (unpaired) electrons. The molecule has 11 heavy (non-hydrogen) atoms. The highest BCUT2D eigenvalue weighted by Gasteiger charge is 2.02. The normalized spacial score (nSPS) is 10.2. The van der Waals surface area contributed by atoms with Crippen LogP contribution in [-0.2, 0) is 6.61 Å². The number of benzene rings is 1. The van der Waals surface area contributed by atoms with Gasteiger partial charge in [-0.05, 0) is 62.6 Å². The van der Waals surface area contributed by atoms with Gasteiger partial charge in [-0.1, -0.05) is 6.07 Å². The van der Waals surface area contributed by atoms with Crippen LogP contribution in [0.2, 0.25) is 0 Å². The summed E-state index contributed by atoms with van der Waals surface area (Å²) in [6.45, 7) is 2.12. The highest BCUT2D eigenvalue weighted by atomic mass is 127. The minimum absolute atomic E-state index is 0.110. The Morgan fingerprint density at radius 3 is 2.73 bits per heavy atom. The SMILES string of the molecule is Cc1cc(Br)c(I)c(CO)c1. The number of aryl methyl sites for hydroxylation is 1. The molecule has 0 aliphatic heterocycles. The lowest BCUT2D eigenvalue weighted by molar-refractivity contribution is 0.281. The van der Waals surface area contributed by atoms with Crippen molar-refractivity contribution in [3.8, 4) is 0 Å². The maximum Gasteiger partial charge on any atom is 0.0692 e. The number of aliphatic hydroxyl groups excluding tert-OH is 1. The van der Waals surface area contributed by atoms with E-state index in [9.17, 15) is 0 Å². The molecule has 0 saturated heterocycles. The van der Waals surface area contributed by atoms with Crippen LogP contribution in [0.1, 0.15) is 11.1 Å². The first kappa shape index (κ1) is 9.48. The van der Waals surface area contributed by atoms with Crippen LogP contribution >= 0.6 is 38.5 Å². The van der Waals surface area contributed by atoms with E-state index in [2.05, 4.69) is 38.5 Å².